The minimum Gasteiger partial charge on any atom is -0.481 e. The van der Waals surface area contributed by atoms with Crippen LogP contribution in [0.2, 0.25) is 0 Å². The van der Waals surface area contributed by atoms with Crippen molar-refractivity contribution in [2.75, 3.05) is 13.2 Å². The fraction of sp³-hybridized carbons (Fsp3) is 0.267. The zero-order valence-corrected chi connectivity index (χ0v) is 12.1. The molecule has 0 saturated carbocycles. The van der Waals surface area contributed by atoms with Crippen LogP contribution in [-0.2, 0) is 4.79 Å². The first kappa shape index (κ1) is 15.5. The van der Waals surface area contributed by atoms with Gasteiger partial charge in [0.05, 0.1) is 6.10 Å². The summed E-state index contributed by atoms with van der Waals surface area (Å²) < 4.78 is 18.3. The summed E-state index contributed by atoms with van der Waals surface area (Å²) in [4.78, 5) is 11.6. The molecule has 1 atom stereocenters. The molecule has 1 aromatic carbocycles. The molecule has 2 N–H and O–H groups in total. The molecule has 1 heterocycles. The molecule has 0 aliphatic rings. The van der Waals surface area contributed by atoms with Crippen LogP contribution < -0.4 is 10.1 Å². The van der Waals surface area contributed by atoms with Crippen LogP contribution in [0, 0.1) is 5.82 Å². The van der Waals surface area contributed by atoms with E-state index in [2.05, 4.69) is 5.32 Å². The summed E-state index contributed by atoms with van der Waals surface area (Å²) in [5.74, 6) is -0.806. The maximum absolute atomic E-state index is 13.3. The van der Waals surface area contributed by atoms with Crippen LogP contribution in [-0.4, -0.2) is 24.2 Å². The van der Waals surface area contributed by atoms with Crippen LogP contribution >= 0.6 is 11.3 Å². The molecule has 6 heteroatoms. The number of para-hydroxylation sites is 1. The smallest absolute Gasteiger partial charge is 0.257 e. The zero-order valence-electron chi connectivity index (χ0n) is 11.3. The molecule has 0 aliphatic carbocycles. The van der Waals surface area contributed by atoms with Gasteiger partial charge in [0, 0.05) is 6.54 Å². The molecule has 112 valence electrons. The van der Waals surface area contributed by atoms with Gasteiger partial charge < -0.3 is 15.2 Å². The Morgan fingerprint density at radius 2 is 2.19 bits per heavy atom. The van der Waals surface area contributed by atoms with Crippen molar-refractivity contribution < 1.29 is 19.0 Å². The van der Waals surface area contributed by atoms with Crippen LogP contribution in [0.5, 0.6) is 5.75 Å². The standard InChI is InChI=1S/C15H16FNO3S/c16-12-3-1-2-4-14(12)20-9-15(19)17-7-5-13(18)11-6-8-21-10-11/h1-4,6,8,10,13,18H,5,7,9H2,(H,17,19). The average molecular weight is 309 g/mol. The van der Waals surface area contributed by atoms with Gasteiger partial charge in [-0.1, -0.05) is 12.1 Å². The number of aliphatic hydroxyl groups is 1. The van der Waals surface area contributed by atoms with E-state index in [0.717, 1.165) is 5.56 Å². The number of hydrogen-bond donors (Lipinski definition) is 2. The molecule has 0 radical (unpaired) electrons. The van der Waals surface area contributed by atoms with Gasteiger partial charge in [0.15, 0.2) is 18.2 Å². The lowest BCUT2D eigenvalue weighted by molar-refractivity contribution is -0.123. The van der Waals surface area contributed by atoms with E-state index >= 15 is 0 Å². The van der Waals surface area contributed by atoms with E-state index in [1.54, 1.807) is 12.1 Å². The second-order valence-electron chi connectivity index (χ2n) is 4.43. The molecule has 2 rings (SSSR count). The number of thiophene rings is 1. The number of aliphatic hydroxyl groups excluding tert-OH is 1. The van der Waals surface area contributed by atoms with Gasteiger partial charge in [-0.2, -0.15) is 11.3 Å². The summed E-state index contributed by atoms with van der Waals surface area (Å²) >= 11 is 1.51. The van der Waals surface area contributed by atoms with E-state index in [-0.39, 0.29) is 18.3 Å². The largest absolute Gasteiger partial charge is 0.481 e. The summed E-state index contributed by atoms with van der Waals surface area (Å²) in [6.07, 6.45) is -0.175. The average Bonchev–Trinajstić information content (AvgIpc) is 3.00. The van der Waals surface area contributed by atoms with E-state index < -0.39 is 11.9 Å². The SMILES string of the molecule is O=C(COc1ccccc1F)NCCC(O)c1ccsc1. The van der Waals surface area contributed by atoms with Crippen LogP contribution in [0.4, 0.5) is 4.39 Å². The van der Waals surface area contributed by atoms with Crippen LogP contribution in [0.1, 0.15) is 18.1 Å². The van der Waals surface area contributed by atoms with Crippen molar-refractivity contribution in [2.45, 2.75) is 12.5 Å². The van der Waals surface area contributed by atoms with Gasteiger partial charge in [-0.25, -0.2) is 4.39 Å². The number of ether oxygens (including phenoxy) is 1. The lowest BCUT2D eigenvalue weighted by atomic mass is 10.1. The van der Waals surface area contributed by atoms with Crippen molar-refractivity contribution in [1.29, 1.82) is 0 Å². The van der Waals surface area contributed by atoms with E-state index in [0.29, 0.717) is 13.0 Å². The third-order valence-electron chi connectivity index (χ3n) is 2.86. The van der Waals surface area contributed by atoms with E-state index in [1.165, 1.54) is 23.5 Å². The molecule has 4 nitrogen and oxygen atoms in total. The number of halogens is 1. The molecule has 1 amide bonds. The highest BCUT2D eigenvalue weighted by Crippen LogP contribution is 2.18. The highest BCUT2D eigenvalue weighted by atomic mass is 32.1. The van der Waals surface area contributed by atoms with Crippen LogP contribution in [0.25, 0.3) is 0 Å². The van der Waals surface area contributed by atoms with Crippen molar-refractivity contribution in [2.24, 2.45) is 0 Å². The fourth-order valence-electron chi connectivity index (χ4n) is 1.74. The molecule has 0 spiro atoms. The van der Waals surface area contributed by atoms with E-state index in [1.807, 2.05) is 16.8 Å². The zero-order chi connectivity index (χ0) is 15.1. The molecular weight excluding hydrogens is 293 g/mol. The van der Waals surface area contributed by atoms with Gasteiger partial charge in [-0.3, -0.25) is 4.79 Å². The minimum absolute atomic E-state index is 0.0472. The van der Waals surface area contributed by atoms with Crippen molar-refractivity contribution in [3.8, 4) is 5.75 Å². The molecule has 0 aliphatic heterocycles. The second-order valence-corrected chi connectivity index (χ2v) is 5.21. The molecule has 0 fully saturated rings. The van der Waals surface area contributed by atoms with Crippen molar-refractivity contribution in [3.63, 3.8) is 0 Å². The normalized spacial score (nSPS) is 11.9. The number of amides is 1. The predicted molar refractivity (Wildman–Crippen MR) is 78.8 cm³/mol. The fourth-order valence-corrected chi connectivity index (χ4v) is 2.44. The van der Waals surface area contributed by atoms with Gasteiger partial charge in [0.25, 0.3) is 5.91 Å². The topological polar surface area (TPSA) is 58.6 Å². The molecule has 1 aromatic heterocycles. The van der Waals surface area contributed by atoms with Gasteiger partial charge in [-0.05, 0) is 40.9 Å². The lowest BCUT2D eigenvalue weighted by Crippen LogP contribution is -2.30. The number of nitrogens with one attached hydrogen (secondary N) is 1. The third kappa shape index (κ3) is 4.84. The number of carbonyl (C=O) groups is 1. The first-order valence-electron chi connectivity index (χ1n) is 6.51. The maximum atomic E-state index is 13.3. The Labute approximate surface area is 126 Å². The van der Waals surface area contributed by atoms with Gasteiger partial charge >= 0.3 is 0 Å². The van der Waals surface area contributed by atoms with Crippen molar-refractivity contribution >= 4 is 17.2 Å². The second kappa shape index (κ2) is 7.75. The highest BCUT2D eigenvalue weighted by Gasteiger charge is 2.09. The predicted octanol–water partition coefficient (Wildman–Crippen LogP) is 2.51. The Balaban J connectivity index is 1.67. The first-order chi connectivity index (χ1) is 10.2. The molecule has 2 aromatic rings. The summed E-state index contributed by atoms with van der Waals surface area (Å²) in [7, 11) is 0. The van der Waals surface area contributed by atoms with Gasteiger partial charge in [-0.15, -0.1) is 0 Å². The molecule has 1 unspecified atom stereocenters. The maximum Gasteiger partial charge on any atom is 0.257 e. The third-order valence-corrected chi connectivity index (χ3v) is 3.56. The van der Waals surface area contributed by atoms with E-state index in [4.69, 9.17) is 4.74 Å². The van der Waals surface area contributed by atoms with Crippen LogP contribution in [0.15, 0.2) is 41.1 Å². The summed E-state index contributed by atoms with van der Waals surface area (Å²) in [5, 5.41) is 16.2. The molecular formula is C15H16FNO3S. The monoisotopic (exact) mass is 309 g/mol. The number of benzene rings is 1. The Bertz CT molecular complexity index is 574. The summed E-state index contributed by atoms with van der Waals surface area (Å²) in [6.45, 7) is 0.0754. The lowest BCUT2D eigenvalue weighted by Gasteiger charge is -2.10. The van der Waals surface area contributed by atoms with Crippen LogP contribution in [0.3, 0.4) is 0 Å². The molecule has 21 heavy (non-hydrogen) atoms. The van der Waals surface area contributed by atoms with Crippen molar-refractivity contribution in [3.05, 3.63) is 52.5 Å². The number of hydrogen-bond acceptors (Lipinski definition) is 4. The summed E-state index contributed by atoms with van der Waals surface area (Å²) in [6, 6.07) is 7.76. The Hall–Kier alpha value is -1.92. The Morgan fingerprint density at radius 1 is 1.38 bits per heavy atom. The Kier molecular flexibility index (Phi) is 5.71. The number of rotatable bonds is 7. The molecule has 0 saturated heterocycles. The minimum atomic E-state index is -0.593. The Morgan fingerprint density at radius 3 is 2.90 bits per heavy atom. The van der Waals surface area contributed by atoms with Crippen molar-refractivity contribution in [1.82, 2.24) is 5.32 Å². The number of carbonyl (C=O) groups excluding carboxylic acids is 1. The van der Waals surface area contributed by atoms with E-state index in [9.17, 15) is 14.3 Å². The quantitative estimate of drug-likeness (QED) is 0.826. The molecule has 0 bridgehead atoms. The first-order valence-corrected chi connectivity index (χ1v) is 7.45. The highest BCUT2D eigenvalue weighted by molar-refractivity contribution is 7.07. The summed E-state index contributed by atoms with van der Waals surface area (Å²) in [5.41, 5.74) is 0.844. The van der Waals surface area contributed by atoms with Gasteiger partial charge in [0.2, 0.25) is 0 Å². The van der Waals surface area contributed by atoms with Gasteiger partial charge in [0.1, 0.15) is 0 Å².